The molecule has 1 unspecified atom stereocenters. The van der Waals surface area contributed by atoms with Gasteiger partial charge in [-0.1, -0.05) is 12.5 Å². The highest BCUT2D eigenvalue weighted by Crippen LogP contribution is 2.43. The van der Waals surface area contributed by atoms with Crippen LogP contribution in [0.15, 0.2) is 23.2 Å². The third-order valence-electron chi connectivity index (χ3n) is 6.85. The first-order valence-electron chi connectivity index (χ1n) is 11.6. The van der Waals surface area contributed by atoms with E-state index in [1.165, 1.54) is 24.8 Å². The summed E-state index contributed by atoms with van der Waals surface area (Å²) in [7, 11) is 6.95. The van der Waals surface area contributed by atoms with Gasteiger partial charge in [0, 0.05) is 46.9 Å². The Balaban J connectivity index is 1.66. The summed E-state index contributed by atoms with van der Waals surface area (Å²) in [5.74, 6) is 2.33. The van der Waals surface area contributed by atoms with Crippen molar-refractivity contribution in [3.05, 3.63) is 23.8 Å². The zero-order valence-electron chi connectivity index (χ0n) is 20.1. The molecule has 0 amide bonds. The van der Waals surface area contributed by atoms with Gasteiger partial charge in [0.2, 0.25) is 0 Å². The molecule has 2 fully saturated rings. The maximum Gasteiger partial charge on any atom is 0.191 e. The van der Waals surface area contributed by atoms with Crippen molar-refractivity contribution in [1.82, 2.24) is 15.5 Å². The van der Waals surface area contributed by atoms with Gasteiger partial charge in [-0.3, -0.25) is 9.89 Å². The molecule has 1 saturated heterocycles. The van der Waals surface area contributed by atoms with Crippen LogP contribution in [0.1, 0.15) is 37.3 Å². The number of ether oxygens (including phenoxy) is 4. The first-order chi connectivity index (χ1) is 15.6. The molecule has 1 aromatic carbocycles. The van der Waals surface area contributed by atoms with Crippen LogP contribution in [0, 0.1) is 5.41 Å². The van der Waals surface area contributed by atoms with E-state index in [9.17, 15) is 0 Å². The Morgan fingerprint density at radius 1 is 1.12 bits per heavy atom. The van der Waals surface area contributed by atoms with Crippen LogP contribution >= 0.6 is 0 Å². The maximum atomic E-state index is 5.59. The van der Waals surface area contributed by atoms with Crippen molar-refractivity contribution in [3.63, 3.8) is 0 Å². The summed E-state index contributed by atoms with van der Waals surface area (Å²) in [6, 6.07) is 6.34. The van der Waals surface area contributed by atoms with Crippen LogP contribution in [0.2, 0.25) is 0 Å². The molecule has 0 radical (unpaired) electrons. The lowest BCUT2D eigenvalue weighted by atomic mass is 9.67. The minimum Gasteiger partial charge on any atom is -0.493 e. The molecule has 8 nitrogen and oxygen atoms in total. The van der Waals surface area contributed by atoms with Crippen molar-refractivity contribution in [2.75, 3.05) is 74.4 Å². The molecule has 2 N–H and O–H groups in total. The van der Waals surface area contributed by atoms with Crippen LogP contribution in [0.5, 0.6) is 11.5 Å². The zero-order chi connectivity index (χ0) is 22.8. The highest BCUT2D eigenvalue weighted by molar-refractivity contribution is 5.79. The van der Waals surface area contributed by atoms with Gasteiger partial charge in [-0.15, -0.1) is 0 Å². The van der Waals surface area contributed by atoms with Crippen molar-refractivity contribution in [3.8, 4) is 11.5 Å². The van der Waals surface area contributed by atoms with Gasteiger partial charge >= 0.3 is 0 Å². The second-order valence-corrected chi connectivity index (χ2v) is 8.68. The van der Waals surface area contributed by atoms with Gasteiger partial charge in [-0.25, -0.2) is 0 Å². The van der Waals surface area contributed by atoms with Crippen molar-refractivity contribution >= 4 is 5.96 Å². The van der Waals surface area contributed by atoms with Gasteiger partial charge < -0.3 is 29.6 Å². The SMILES string of the molecule is CN=C(NCC(c1ccc(OC)c(OC)c1)N1CCOCC1)NCC1(CCOC)CCC1. The molecule has 32 heavy (non-hydrogen) atoms. The van der Waals surface area contributed by atoms with Crippen LogP contribution < -0.4 is 20.1 Å². The second-order valence-electron chi connectivity index (χ2n) is 8.68. The monoisotopic (exact) mass is 448 g/mol. The third kappa shape index (κ3) is 6.27. The Labute approximate surface area is 192 Å². The average molecular weight is 449 g/mol. The van der Waals surface area contributed by atoms with Crippen LogP contribution in [0.3, 0.4) is 0 Å². The summed E-state index contributed by atoms with van der Waals surface area (Å²) < 4.78 is 21.9. The molecule has 1 saturated carbocycles. The van der Waals surface area contributed by atoms with Crippen molar-refractivity contribution in [1.29, 1.82) is 0 Å². The van der Waals surface area contributed by atoms with Gasteiger partial charge in [0.05, 0.1) is 33.5 Å². The minimum atomic E-state index is 0.170. The average Bonchev–Trinajstić information content (AvgIpc) is 2.82. The molecule has 0 spiro atoms. The molecule has 1 aromatic rings. The number of benzene rings is 1. The summed E-state index contributed by atoms with van der Waals surface area (Å²) in [5.41, 5.74) is 1.52. The lowest BCUT2D eigenvalue weighted by Gasteiger charge is -2.42. The molecule has 1 atom stereocenters. The summed E-state index contributed by atoms with van der Waals surface area (Å²) in [4.78, 5) is 6.93. The van der Waals surface area contributed by atoms with Crippen molar-refractivity contribution < 1.29 is 18.9 Å². The number of hydrogen-bond acceptors (Lipinski definition) is 6. The van der Waals surface area contributed by atoms with Gasteiger partial charge in [-0.2, -0.15) is 0 Å². The fourth-order valence-corrected chi connectivity index (χ4v) is 4.60. The number of morpholine rings is 1. The molecule has 180 valence electrons. The standard InChI is InChI=1S/C24H40N4O4/c1-25-23(27-18-24(8-5-9-24)10-13-29-2)26-17-20(28-11-14-32-15-12-28)19-6-7-21(30-3)22(16-19)31-4/h6-7,16,20H,5,8-15,17-18H2,1-4H3,(H2,25,26,27). The fraction of sp³-hybridized carbons (Fsp3) is 0.708. The highest BCUT2D eigenvalue weighted by Gasteiger charge is 2.36. The number of nitrogens with one attached hydrogen (secondary N) is 2. The maximum absolute atomic E-state index is 5.59. The Morgan fingerprint density at radius 2 is 1.88 bits per heavy atom. The van der Waals surface area contributed by atoms with E-state index >= 15 is 0 Å². The summed E-state index contributed by atoms with van der Waals surface area (Å²) in [5, 5.41) is 7.13. The number of rotatable bonds is 11. The lowest BCUT2D eigenvalue weighted by Crippen LogP contribution is -2.49. The predicted octanol–water partition coefficient (Wildman–Crippen LogP) is 2.45. The molecular weight excluding hydrogens is 408 g/mol. The van der Waals surface area contributed by atoms with Crippen LogP contribution in [0.4, 0.5) is 0 Å². The van der Waals surface area contributed by atoms with Crippen molar-refractivity contribution in [2.45, 2.75) is 31.7 Å². The van der Waals surface area contributed by atoms with Gasteiger partial charge in [-0.05, 0) is 42.4 Å². The molecule has 2 aliphatic rings. The summed E-state index contributed by atoms with van der Waals surface area (Å²) >= 11 is 0. The largest absolute Gasteiger partial charge is 0.493 e. The Hall–Kier alpha value is -2.03. The first-order valence-corrected chi connectivity index (χ1v) is 11.6. The van der Waals surface area contributed by atoms with E-state index in [1.54, 1.807) is 21.3 Å². The zero-order valence-corrected chi connectivity index (χ0v) is 20.1. The Morgan fingerprint density at radius 3 is 2.47 bits per heavy atom. The fourth-order valence-electron chi connectivity index (χ4n) is 4.60. The smallest absolute Gasteiger partial charge is 0.191 e. The third-order valence-corrected chi connectivity index (χ3v) is 6.85. The number of hydrogen-bond donors (Lipinski definition) is 2. The molecule has 3 rings (SSSR count). The Bertz CT molecular complexity index is 733. The first kappa shape index (κ1) is 24.6. The van der Waals surface area contributed by atoms with Crippen LogP contribution in [-0.2, 0) is 9.47 Å². The van der Waals surface area contributed by atoms with Gasteiger partial charge in [0.15, 0.2) is 17.5 Å². The molecule has 1 aliphatic carbocycles. The quantitative estimate of drug-likeness (QED) is 0.398. The Kier molecular flexibility index (Phi) is 9.44. The minimum absolute atomic E-state index is 0.170. The molecule has 1 heterocycles. The second kappa shape index (κ2) is 12.3. The lowest BCUT2D eigenvalue weighted by molar-refractivity contribution is 0.0169. The van der Waals surface area contributed by atoms with E-state index in [4.69, 9.17) is 18.9 Å². The van der Waals surface area contributed by atoms with Gasteiger partial charge in [0.25, 0.3) is 0 Å². The summed E-state index contributed by atoms with van der Waals surface area (Å²) in [6.45, 7) is 5.76. The van der Waals surface area contributed by atoms with E-state index in [-0.39, 0.29) is 6.04 Å². The topological polar surface area (TPSA) is 76.6 Å². The molecule has 0 aromatic heterocycles. The van der Waals surface area contributed by atoms with Crippen molar-refractivity contribution in [2.24, 2.45) is 10.4 Å². The molecule has 0 bridgehead atoms. The molecule has 8 heteroatoms. The highest BCUT2D eigenvalue weighted by atomic mass is 16.5. The van der Waals surface area contributed by atoms with E-state index in [1.807, 2.05) is 13.1 Å². The van der Waals surface area contributed by atoms with Crippen LogP contribution in [-0.4, -0.2) is 85.2 Å². The van der Waals surface area contributed by atoms with E-state index in [0.717, 1.165) is 69.9 Å². The molecule has 1 aliphatic heterocycles. The van der Waals surface area contributed by atoms with Gasteiger partial charge in [0.1, 0.15) is 0 Å². The number of aliphatic imine (C=N–C) groups is 1. The normalized spacial score (nSPS) is 19.7. The number of methoxy groups -OCH3 is 3. The number of nitrogens with zero attached hydrogens (tertiary/aromatic N) is 2. The predicted molar refractivity (Wildman–Crippen MR) is 127 cm³/mol. The molecular formula is C24H40N4O4. The number of guanidine groups is 1. The van der Waals surface area contributed by atoms with E-state index in [0.29, 0.717) is 5.41 Å². The summed E-state index contributed by atoms with van der Waals surface area (Å²) in [6.07, 6.45) is 4.90. The van der Waals surface area contributed by atoms with E-state index < -0.39 is 0 Å². The van der Waals surface area contributed by atoms with Crippen LogP contribution in [0.25, 0.3) is 0 Å². The van der Waals surface area contributed by atoms with E-state index in [2.05, 4.69) is 32.7 Å².